The first-order chi connectivity index (χ1) is 12.5. The highest BCUT2D eigenvalue weighted by atomic mass is 16.5. The normalized spacial score (nSPS) is 27.1. The standard InChI is InChI=1S/C19H30N4O3/c1-14-3-5-15(6-4-14)19-16(9-20-21-19)10-23-7-8-26-17(12-23)11-22(2)13-18(24)25/h3-6,16-17,19-21H,7-13H2,1-2H3,(H,24,25). The first-order valence-electron chi connectivity index (χ1n) is 9.30. The maximum Gasteiger partial charge on any atom is 0.317 e. The second-order valence-electron chi connectivity index (χ2n) is 7.52. The third kappa shape index (κ3) is 5.25. The van der Waals surface area contributed by atoms with E-state index in [0.717, 1.165) is 26.2 Å². The number of hydrogen-bond donors (Lipinski definition) is 3. The summed E-state index contributed by atoms with van der Waals surface area (Å²) in [4.78, 5) is 15.1. The lowest BCUT2D eigenvalue weighted by molar-refractivity contribution is -0.138. The third-order valence-corrected chi connectivity index (χ3v) is 5.17. The molecule has 0 amide bonds. The second-order valence-corrected chi connectivity index (χ2v) is 7.52. The van der Waals surface area contributed by atoms with Crippen LogP contribution in [-0.4, -0.2) is 79.9 Å². The first kappa shape index (κ1) is 19.3. The molecule has 26 heavy (non-hydrogen) atoms. The molecule has 2 saturated heterocycles. The molecule has 0 saturated carbocycles. The molecule has 2 aliphatic rings. The highest BCUT2D eigenvalue weighted by molar-refractivity contribution is 5.69. The van der Waals surface area contributed by atoms with Gasteiger partial charge in [0.15, 0.2) is 0 Å². The number of nitrogens with zero attached hydrogens (tertiary/aromatic N) is 2. The molecule has 2 fully saturated rings. The maximum absolute atomic E-state index is 10.8. The Morgan fingerprint density at radius 1 is 1.38 bits per heavy atom. The van der Waals surface area contributed by atoms with Gasteiger partial charge in [0, 0.05) is 38.6 Å². The Labute approximate surface area is 155 Å². The fraction of sp³-hybridized carbons (Fsp3) is 0.632. The van der Waals surface area contributed by atoms with Gasteiger partial charge >= 0.3 is 5.97 Å². The van der Waals surface area contributed by atoms with Crippen LogP contribution in [0.2, 0.25) is 0 Å². The molecular formula is C19H30N4O3. The van der Waals surface area contributed by atoms with Gasteiger partial charge in [0.1, 0.15) is 0 Å². The number of carboxylic acid groups (broad SMARTS) is 1. The molecule has 2 aliphatic heterocycles. The van der Waals surface area contributed by atoms with Gasteiger partial charge in [-0.3, -0.25) is 20.0 Å². The lowest BCUT2D eigenvalue weighted by atomic mass is 9.93. The fourth-order valence-corrected chi connectivity index (χ4v) is 3.87. The Morgan fingerprint density at radius 2 is 2.15 bits per heavy atom. The Morgan fingerprint density at radius 3 is 2.88 bits per heavy atom. The lowest BCUT2D eigenvalue weighted by Gasteiger charge is -2.36. The van der Waals surface area contributed by atoms with E-state index in [1.54, 1.807) is 0 Å². The lowest BCUT2D eigenvalue weighted by Crippen LogP contribution is -2.49. The summed E-state index contributed by atoms with van der Waals surface area (Å²) in [6.07, 6.45) is 0.0632. The predicted molar refractivity (Wildman–Crippen MR) is 99.9 cm³/mol. The van der Waals surface area contributed by atoms with Crippen LogP contribution in [-0.2, 0) is 9.53 Å². The van der Waals surface area contributed by atoms with E-state index in [0.29, 0.717) is 25.1 Å². The van der Waals surface area contributed by atoms with Crippen LogP contribution in [0.15, 0.2) is 24.3 Å². The van der Waals surface area contributed by atoms with Gasteiger partial charge in [-0.1, -0.05) is 29.8 Å². The number of hydrazine groups is 1. The van der Waals surface area contributed by atoms with Crippen LogP contribution in [0.4, 0.5) is 0 Å². The molecule has 3 atom stereocenters. The van der Waals surface area contributed by atoms with Crippen molar-refractivity contribution in [2.24, 2.45) is 5.92 Å². The predicted octanol–water partition coefficient (Wildman–Crippen LogP) is 0.477. The first-order valence-corrected chi connectivity index (χ1v) is 9.30. The third-order valence-electron chi connectivity index (χ3n) is 5.17. The average Bonchev–Trinajstić information content (AvgIpc) is 3.03. The van der Waals surface area contributed by atoms with Crippen molar-refractivity contribution in [2.75, 3.05) is 52.9 Å². The number of aliphatic carboxylic acids is 1. The van der Waals surface area contributed by atoms with Crippen LogP contribution in [0, 0.1) is 12.8 Å². The van der Waals surface area contributed by atoms with E-state index < -0.39 is 5.97 Å². The van der Waals surface area contributed by atoms with E-state index >= 15 is 0 Å². The molecule has 3 rings (SSSR count). The molecule has 2 heterocycles. The molecule has 1 aromatic rings. The Balaban J connectivity index is 1.54. The molecule has 7 heteroatoms. The minimum Gasteiger partial charge on any atom is -0.480 e. The molecule has 0 aromatic heterocycles. The summed E-state index contributed by atoms with van der Waals surface area (Å²) in [5, 5.41) is 8.90. The minimum atomic E-state index is -0.802. The van der Waals surface area contributed by atoms with E-state index in [2.05, 4.69) is 46.9 Å². The van der Waals surface area contributed by atoms with Crippen LogP contribution >= 0.6 is 0 Å². The van der Waals surface area contributed by atoms with Gasteiger partial charge in [0.25, 0.3) is 0 Å². The van der Waals surface area contributed by atoms with E-state index in [4.69, 9.17) is 9.84 Å². The summed E-state index contributed by atoms with van der Waals surface area (Å²) in [5.74, 6) is -0.308. The van der Waals surface area contributed by atoms with Crippen molar-refractivity contribution in [3.8, 4) is 0 Å². The van der Waals surface area contributed by atoms with Crippen LogP contribution in [0.3, 0.4) is 0 Å². The molecule has 0 bridgehead atoms. The van der Waals surface area contributed by atoms with Gasteiger partial charge in [0.05, 0.1) is 25.3 Å². The van der Waals surface area contributed by atoms with E-state index in [1.165, 1.54) is 11.1 Å². The van der Waals surface area contributed by atoms with Crippen molar-refractivity contribution in [1.29, 1.82) is 0 Å². The van der Waals surface area contributed by atoms with Crippen molar-refractivity contribution in [1.82, 2.24) is 20.7 Å². The fourth-order valence-electron chi connectivity index (χ4n) is 3.87. The van der Waals surface area contributed by atoms with Gasteiger partial charge in [0.2, 0.25) is 0 Å². The van der Waals surface area contributed by atoms with Crippen molar-refractivity contribution >= 4 is 5.97 Å². The number of benzene rings is 1. The number of nitrogens with one attached hydrogen (secondary N) is 2. The topological polar surface area (TPSA) is 77.1 Å². The molecule has 144 valence electrons. The Kier molecular flexibility index (Phi) is 6.61. The van der Waals surface area contributed by atoms with E-state index in [1.807, 2.05) is 11.9 Å². The van der Waals surface area contributed by atoms with Crippen LogP contribution in [0.1, 0.15) is 17.2 Å². The van der Waals surface area contributed by atoms with Crippen molar-refractivity contribution in [2.45, 2.75) is 19.1 Å². The summed E-state index contributed by atoms with van der Waals surface area (Å²) in [7, 11) is 1.83. The number of rotatable bonds is 7. The zero-order valence-electron chi connectivity index (χ0n) is 15.6. The largest absolute Gasteiger partial charge is 0.480 e. The van der Waals surface area contributed by atoms with Gasteiger partial charge in [-0.25, -0.2) is 5.43 Å². The average molecular weight is 362 g/mol. The highest BCUT2D eigenvalue weighted by Crippen LogP contribution is 2.26. The van der Waals surface area contributed by atoms with Gasteiger partial charge in [-0.05, 0) is 19.5 Å². The van der Waals surface area contributed by atoms with E-state index in [-0.39, 0.29) is 12.6 Å². The zero-order valence-corrected chi connectivity index (χ0v) is 15.6. The summed E-state index contributed by atoms with van der Waals surface area (Å²) in [5.41, 5.74) is 9.32. The smallest absolute Gasteiger partial charge is 0.317 e. The number of aryl methyl sites for hydroxylation is 1. The van der Waals surface area contributed by atoms with Gasteiger partial charge < -0.3 is 9.84 Å². The number of carboxylic acids is 1. The maximum atomic E-state index is 10.8. The summed E-state index contributed by atoms with van der Waals surface area (Å²) >= 11 is 0. The van der Waals surface area contributed by atoms with Crippen molar-refractivity contribution in [3.05, 3.63) is 35.4 Å². The van der Waals surface area contributed by atoms with Gasteiger partial charge in [-0.2, -0.15) is 0 Å². The number of likely N-dealkylation sites (N-methyl/N-ethyl adjacent to an activating group) is 1. The molecule has 0 radical (unpaired) electrons. The Bertz CT molecular complexity index is 595. The molecule has 0 aliphatic carbocycles. The summed E-state index contributed by atoms with van der Waals surface area (Å²) < 4.78 is 5.84. The second kappa shape index (κ2) is 8.92. The highest BCUT2D eigenvalue weighted by Gasteiger charge is 2.31. The number of ether oxygens (including phenoxy) is 1. The molecular weight excluding hydrogens is 332 g/mol. The molecule has 3 unspecified atom stereocenters. The summed E-state index contributed by atoms with van der Waals surface area (Å²) in [6, 6.07) is 9.04. The quantitative estimate of drug-likeness (QED) is 0.651. The van der Waals surface area contributed by atoms with Crippen molar-refractivity contribution < 1.29 is 14.6 Å². The SMILES string of the molecule is Cc1ccc(C2NNCC2CN2CCOC(CN(C)CC(=O)O)C2)cc1. The Hall–Kier alpha value is -1.51. The van der Waals surface area contributed by atoms with E-state index in [9.17, 15) is 4.79 Å². The van der Waals surface area contributed by atoms with Gasteiger partial charge in [-0.15, -0.1) is 0 Å². The zero-order chi connectivity index (χ0) is 18.5. The van der Waals surface area contributed by atoms with Crippen LogP contribution in [0.25, 0.3) is 0 Å². The molecule has 7 nitrogen and oxygen atoms in total. The number of hydrogen-bond acceptors (Lipinski definition) is 6. The van der Waals surface area contributed by atoms with Crippen LogP contribution < -0.4 is 10.9 Å². The molecule has 1 aromatic carbocycles. The van der Waals surface area contributed by atoms with Crippen molar-refractivity contribution in [3.63, 3.8) is 0 Å². The number of morpholine rings is 1. The summed E-state index contributed by atoms with van der Waals surface area (Å²) in [6.45, 7) is 7.22. The number of carbonyl (C=O) groups is 1. The minimum absolute atomic E-state index is 0.0474. The monoisotopic (exact) mass is 362 g/mol. The molecule has 3 N–H and O–H groups in total. The molecule has 0 spiro atoms. The van der Waals surface area contributed by atoms with Crippen LogP contribution in [0.5, 0.6) is 0 Å².